The van der Waals surface area contributed by atoms with Crippen LogP contribution in [0, 0.1) is 11.8 Å². The number of rotatable bonds is 3. The number of nitrogens with one attached hydrogen (secondary N) is 1. The number of pyridine rings is 1. The van der Waals surface area contributed by atoms with Crippen molar-refractivity contribution in [2.45, 2.75) is 13.3 Å². The number of hydrogen-bond donors (Lipinski definition) is 2. The molecule has 1 aromatic rings. The average Bonchev–Trinajstić information content (AvgIpc) is 2.28. The second kappa shape index (κ2) is 6.28. The van der Waals surface area contributed by atoms with Crippen LogP contribution in [0.2, 0.25) is 0 Å². The third-order valence-electron chi connectivity index (χ3n) is 1.86. The Labute approximate surface area is 98.9 Å². The van der Waals surface area contributed by atoms with Gasteiger partial charge in [-0.2, -0.15) is 0 Å². The van der Waals surface area contributed by atoms with E-state index in [4.69, 9.17) is 5.11 Å². The molecule has 17 heavy (non-hydrogen) atoms. The zero-order valence-corrected chi connectivity index (χ0v) is 9.36. The maximum absolute atomic E-state index is 10.8. The van der Waals surface area contributed by atoms with E-state index < -0.39 is 5.97 Å². The lowest BCUT2D eigenvalue weighted by molar-refractivity contribution is -0.118. The highest BCUT2D eigenvalue weighted by Gasteiger charge is 2.08. The zero-order chi connectivity index (χ0) is 12.7. The number of carbonyl (C=O) groups excluding carboxylic acids is 1. The van der Waals surface area contributed by atoms with Crippen LogP contribution < -0.4 is 5.32 Å². The Kier molecular flexibility index (Phi) is 4.70. The molecule has 1 amide bonds. The van der Waals surface area contributed by atoms with Crippen LogP contribution in [-0.2, 0) is 4.79 Å². The molecule has 0 radical (unpaired) electrons. The fourth-order valence-corrected chi connectivity index (χ4v) is 1.14. The van der Waals surface area contributed by atoms with Crippen molar-refractivity contribution in [2.75, 3.05) is 6.54 Å². The Balaban J connectivity index is 2.65. The minimum Gasteiger partial charge on any atom is -0.476 e. The number of aromatic nitrogens is 1. The van der Waals surface area contributed by atoms with Gasteiger partial charge in [0.1, 0.15) is 0 Å². The maximum Gasteiger partial charge on any atom is 0.355 e. The lowest BCUT2D eigenvalue weighted by Gasteiger charge is -1.97. The first-order chi connectivity index (χ1) is 8.11. The second-order valence-electron chi connectivity index (χ2n) is 3.24. The molecule has 0 atom stereocenters. The van der Waals surface area contributed by atoms with Gasteiger partial charge in [0.15, 0.2) is 5.69 Å². The van der Waals surface area contributed by atoms with Gasteiger partial charge >= 0.3 is 5.97 Å². The minimum absolute atomic E-state index is 0.0560. The highest BCUT2D eigenvalue weighted by Crippen LogP contribution is 2.02. The van der Waals surface area contributed by atoms with Crippen molar-refractivity contribution in [3.05, 3.63) is 29.6 Å². The number of carbonyl (C=O) groups is 2. The standard InChI is InChI=1S/C12H12N2O3/c1-9(15)13-7-3-2-5-10-6-4-8-14-11(10)12(16)17/h4,6,8H,3,7H2,1H3,(H,13,15)(H,16,17). The summed E-state index contributed by atoms with van der Waals surface area (Å²) in [4.78, 5) is 25.1. The third kappa shape index (κ3) is 4.34. The summed E-state index contributed by atoms with van der Waals surface area (Å²) in [5, 5.41) is 11.4. The van der Waals surface area contributed by atoms with E-state index in [0.29, 0.717) is 18.5 Å². The van der Waals surface area contributed by atoms with Crippen molar-refractivity contribution in [2.24, 2.45) is 0 Å². The molecule has 0 aliphatic heterocycles. The number of nitrogens with zero attached hydrogens (tertiary/aromatic N) is 1. The lowest BCUT2D eigenvalue weighted by atomic mass is 10.2. The Morgan fingerprint density at radius 2 is 2.29 bits per heavy atom. The van der Waals surface area contributed by atoms with E-state index in [0.717, 1.165) is 0 Å². The first-order valence-electron chi connectivity index (χ1n) is 5.03. The van der Waals surface area contributed by atoms with Gasteiger partial charge in [-0.15, -0.1) is 0 Å². The molecule has 1 rings (SSSR count). The van der Waals surface area contributed by atoms with Gasteiger partial charge in [-0.3, -0.25) is 4.79 Å². The Hall–Kier alpha value is -2.35. The van der Waals surface area contributed by atoms with Gasteiger partial charge in [0.05, 0.1) is 5.56 Å². The van der Waals surface area contributed by atoms with Gasteiger partial charge in [0.2, 0.25) is 5.91 Å². The molecule has 0 aliphatic carbocycles. The summed E-state index contributed by atoms with van der Waals surface area (Å²) in [5.41, 5.74) is 0.322. The first kappa shape index (κ1) is 12.7. The van der Waals surface area contributed by atoms with Gasteiger partial charge in [0.25, 0.3) is 0 Å². The van der Waals surface area contributed by atoms with E-state index in [1.807, 2.05) is 0 Å². The number of aromatic carboxylic acids is 1. The molecule has 88 valence electrons. The van der Waals surface area contributed by atoms with Crippen LogP contribution in [0.1, 0.15) is 29.4 Å². The monoisotopic (exact) mass is 232 g/mol. The summed E-state index contributed by atoms with van der Waals surface area (Å²) >= 11 is 0. The highest BCUT2D eigenvalue weighted by molar-refractivity contribution is 5.88. The molecule has 0 aromatic carbocycles. The van der Waals surface area contributed by atoms with Crippen molar-refractivity contribution in [3.63, 3.8) is 0 Å². The molecule has 0 bridgehead atoms. The summed E-state index contributed by atoms with van der Waals surface area (Å²) in [6.07, 6.45) is 1.87. The highest BCUT2D eigenvalue weighted by atomic mass is 16.4. The van der Waals surface area contributed by atoms with Crippen molar-refractivity contribution >= 4 is 11.9 Å². The summed E-state index contributed by atoms with van der Waals surface area (Å²) in [6.45, 7) is 1.88. The summed E-state index contributed by atoms with van der Waals surface area (Å²) in [7, 11) is 0. The van der Waals surface area contributed by atoms with Crippen molar-refractivity contribution in [1.29, 1.82) is 0 Å². The van der Waals surface area contributed by atoms with Crippen molar-refractivity contribution < 1.29 is 14.7 Å². The molecule has 1 heterocycles. The van der Waals surface area contributed by atoms with E-state index in [2.05, 4.69) is 22.1 Å². The number of carboxylic acids is 1. The van der Waals surface area contributed by atoms with Crippen LogP contribution in [0.5, 0.6) is 0 Å². The molecule has 1 aromatic heterocycles. The van der Waals surface area contributed by atoms with Gasteiger partial charge in [0, 0.05) is 26.1 Å². The molecule has 0 fully saturated rings. The Morgan fingerprint density at radius 1 is 1.53 bits per heavy atom. The predicted molar refractivity (Wildman–Crippen MR) is 61.4 cm³/mol. The summed E-state index contributed by atoms with van der Waals surface area (Å²) in [5.74, 6) is 4.30. The smallest absolute Gasteiger partial charge is 0.355 e. The third-order valence-corrected chi connectivity index (χ3v) is 1.86. The van der Waals surface area contributed by atoms with E-state index in [1.54, 1.807) is 12.1 Å². The fourth-order valence-electron chi connectivity index (χ4n) is 1.14. The maximum atomic E-state index is 10.8. The van der Waals surface area contributed by atoms with Crippen molar-refractivity contribution in [1.82, 2.24) is 10.3 Å². The quantitative estimate of drug-likeness (QED) is 0.592. The first-order valence-corrected chi connectivity index (χ1v) is 5.03. The molecule has 0 saturated carbocycles. The Morgan fingerprint density at radius 3 is 2.94 bits per heavy atom. The predicted octanol–water partition coefficient (Wildman–Crippen LogP) is 0.657. The van der Waals surface area contributed by atoms with Crippen molar-refractivity contribution in [3.8, 4) is 11.8 Å². The summed E-state index contributed by atoms with van der Waals surface area (Å²) in [6, 6.07) is 3.23. The van der Waals surface area contributed by atoms with Crippen LogP contribution in [0.15, 0.2) is 18.3 Å². The Bertz CT molecular complexity index is 486. The molecule has 0 unspecified atom stereocenters. The zero-order valence-electron chi connectivity index (χ0n) is 9.36. The molecule has 0 spiro atoms. The minimum atomic E-state index is -1.10. The molecule has 0 saturated heterocycles. The van der Waals surface area contributed by atoms with Gasteiger partial charge in [-0.1, -0.05) is 11.8 Å². The van der Waals surface area contributed by atoms with Gasteiger partial charge < -0.3 is 10.4 Å². The van der Waals surface area contributed by atoms with Crippen LogP contribution in [0.4, 0.5) is 0 Å². The SMILES string of the molecule is CC(=O)NCCC#Cc1cccnc1C(=O)O. The number of carboxylic acid groups (broad SMARTS) is 1. The van der Waals surface area contributed by atoms with E-state index in [1.165, 1.54) is 13.1 Å². The molecular weight excluding hydrogens is 220 g/mol. The van der Waals surface area contributed by atoms with E-state index >= 15 is 0 Å². The number of hydrogen-bond acceptors (Lipinski definition) is 3. The fraction of sp³-hybridized carbons (Fsp3) is 0.250. The molecule has 5 heteroatoms. The molecule has 5 nitrogen and oxygen atoms in total. The van der Waals surface area contributed by atoms with Gasteiger partial charge in [-0.25, -0.2) is 9.78 Å². The average molecular weight is 232 g/mol. The largest absolute Gasteiger partial charge is 0.476 e. The van der Waals surface area contributed by atoms with Crippen LogP contribution in [0.3, 0.4) is 0 Å². The summed E-state index contributed by atoms with van der Waals surface area (Å²) < 4.78 is 0. The van der Waals surface area contributed by atoms with Crippen LogP contribution in [-0.4, -0.2) is 28.5 Å². The van der Waals surface area contributed by atoms with E-state index in [9.17, 15) is 9.59 Å². The molecular formula is C12H12N2O3. The van der Waals surface area contributed by atoms with E-state index in [-0.39, 0.29) is 11.6 Å². The lowest BCUT2D eigenvalue weighted by Crippen LogP contribution is -2.20. The molecule has 0 aliphatic rings. The van der Waals surface area contributed by atoms with Gasteiger partial charge in [-0.05, 0) is 12.1 Å². The van der Waals surface area contributed by atoms with Crippen LogP contribution in [0.25, 0.3) is 0 Å². The number of amides is 1. The normalized spacial score (nSPS) is 9.00. The molecule has 2 N–H and O–H groups in total. The second-order valence-corrected chi connectivity index (χ2v) is 3.24. The van der Waals surface area contributed by atoms with Crippen LogP contribution >= 0.6 is 0 Å². The topological polar surface area (TPSA) is 79.3 Å².